The quantitative estimate of drug-likeness (QED) is 0.321. The van der Waals surface area contributed by atoms with Crippen molar-refractivity contribution in [3.63, 3.8) is 0 Å². The normalized spacial score (nSPS) is 8.67. The van der Waals surface area contributed by atoms with Gasteiger partial charge in [0.1, 0.15) is 5.88 Å². The van der Waals surface area contributed by atoms with Crippen LogP contribution in [0.4, 0.5) is 0 Å². The molecule has 0 aliphatic heterocycles. The van der Waals surface area contributed by atoms with Gasteiger partial charge in [0.2, 0.25) is 0 Å². The number of rotatable bonds is 2. The molecule has 52 valence electrons. The Kier molecular flexibility index (Phi) is 4.00. The molecular formula is C4H6ClNO3. The van der Waals surface area contributed by atoms with Gasteiger partial charge >= 0.3 is 11.9 Å². The van der Waals surface area contributed by atoms with Gasteiger partial charge < -0.3 is 10.5 Å². The van der Waals surface area contributed by atoms with Crippen molar-refractivity contribution in [2.45, 2.75) is 0 Å². The van der Waals surface area contributed by atoms with Gasteiger partial charge in [-0.2, -0.15) is 0 Å². The van der Waals surface area contributed by atoms with Crippen LogP contribution in [0, 0.1) is 0 Å². The van der Waals surface area contributed by atoms with Crippen molar-refractivity contribution in [2.75, 3.05) is 12.4 Å². The maximum Gasteiger partial charge on any atom is 0.328 e. The highest BCUT2D eigenvalue weighted by Gasteiger charge is 2.04. The molecule has 0 bridgehead atoms. The summed E-state index contributed by atoms with van der Waals surface area (Å²) in [4.78, 5) is 20.3. The van der Waals surface area contributed by atoms with Crippen LogP contribution in [-0.4, -0.2) is 24.4 Å². The van der Waals surface area contributed by atoms with Crippen molar-refractivity contribution in [1.82, 2.24) is 0 Å². The fraction of sp³-hybridized carbons (Fsp3) is 0.500. The molecule has 0 saturated carbocycles. The van der Waals surface area contributed by atoms with Gasteiger partial charge in [-0.05, 0) is 0 Å². The Morgan fingerprint density at radius 2 is 2.00 bits per heavy atom. The lowest BCUT2D eigenvalue weighted by Crippen LogP contribution is -2.21. The summed E-state index contributed by atoms with van der Waals surface area (Å²) in [5.74, 6) is -1.86. The van der Waals surface area contributed by atoms with E-state index in [1.165, 1.54) is 0 Å². The summed E-state index contributed by atoms with van der Waals surface area (Å²) in [6, 6.07) is 0. The standard InChI is InChI=1S/C4H6ClNO3/c5-1-3(7)9-4(8)2-6/h1-2,6H2. The number of ether oxygens (including phenoxy) is 1. The van der Waals surface area contributed by atoms with E-state index in [1.807, 2.05) is 0 Å². The Morgan fingerprint density at radius 3 is 2.33 bits per heavy atom. The lowest BCUT2D eigenvalue weighted by atomic mass is 10.7. The number of esters is 2. The Balaban J connectivity index is 3.47. The van der Waals surface area contributed by atoms with Crippen LogP contribution in [0.1, 0.15) is 0 Å². The summed E-state index contributed by atoms with van der Waals surface area (Å²) in [6.07, 6.45) is 0. The second-order valence-corrected chi connectivity index (χ2v) is 1.45. The van der Waals surface area contributed by atoms with Crippen LogP contribution in [0.15, 0.2) is 0 Å². The SMILES string of the molecule is NCC(=O)OC(=O)CCl. The molecule has 5 heteroatoms. The Morgan fingerprint density at radius 1 is 1.44 bits per heavy atom. The molecule has 0 unspecified atom stereocenters. The largest absolute Gasteiger partial charge is 0.391 e. The zero-order valence-corrected chi connectivity index (χ0v) is 5.35. The van der Waals surface area contributed by atoms with E-state index in [0.29, 0.717) is 0 Å². The minimum absolute atomic E-state index is 0.303. The second-order valence-electron chi connectivity index (χ2n) is 1.18. The maximum absolute atomic E-state index is 10.2. The summed E-state index contributed by atoms with van der Waals surface area (Å²) in [6.45, 7) is -0.303. The molecule has 0 aliphatic rings. The number of hydrogen-bond donors (Lipinski definition) is 1. The van der Waals surface area contributed by atoms with Gasteiger partial charge in [-0.1, -0.05) is 0 Å². The molecule has 0 aromatic carbocycles. The molecule has 0 aromatic heterocycles. The topological polar surface area (TPSA) is 69.4 Å². The molecule has 2 N–H and O–H groups in total. The lowest BCUT2D eigenvalue weighted by molar-refractivity contribution is -0.156. The first-order valence-electron chi connectivity index (χ1n) is 2.20. The van der Waals surface area contributed by atoms with E-state index < -0.39 is 11.9 Å². The van der Waals surface area contributed by atoms with Crippen LogP contribution in [0.5, 0.6) is 0 Å². The summed E-state index contributed by atoms with van der Waals surface area (Å²) in [5, 5.41) is 0. The first-order valence-corrected chi connectivity index (χ1v) is 2.73. The monoisotopic (exact) mass is 151 g/mol. The molecule has 0 radical (unpaired) electrons. The van der Waals surface area contributed by atoms with Crippen molar-refractivity contribution in [3.05, 3.63) is 0 Å². The third-order valence-corrected chi connectivity index (χ3v) is 0.722. The first-order chi connectivity index (χ1) is 4.20. The molecule has 0 saturated heterocycles. The molecule has 0 aliphatic carbocycles. The van der Waals surface area contributed by atoms with E-state index >= 15 is 0 Å². The smallest absolute Gasteiger partial charge is 0.328 e. The van der Waals surface area contributed by atoms with Gasteiger partial charge in [0.25, 0.3) is 0 Å². The third kappa shape index (κ3) is 3.93. The molecule has 0 atom stereocenters. The number of halogens is 1. The number of carbonyl (C=O) groups is 2. The Bertz CT molecular complexity index is 111. The average molecular weight is 152 g/mol. The zero-order valence-electron chi connectivity index (χ0n) is 4.59. The number of nitrogens with two attached hydrogens (primary N) is 1. The second kappa shape index (κ2) is 4.29. The predicted octanol–water partition coefficient (Wildman–Crippen LogP) is -0.746. The fourth-order valence-corrected chi connectivity index (χ4v) is 0.250. The van der Waals surface area contributed by atoms with Gasteiger partial charge in [-0.15, -0.1) is 11.6 Å². The molecule has 0 heterocycles. The van der Waals surface area contributed by atoms with Crippen LogP contribution in [0.2, 0.25) is 0 Å². The molecular weight excluding hydrogens is 146 g/mol. The number of alkyl halides is 1. The van der Waals surface area contributed by atoms with E-state index in [2.05, 4.69) is 4.74 Å². The van der Waals surface area contributed by atoms with Crippen LogP contribution < -0.4 is 5.73 Å². The summed E-state index contributed by atoms with van der Waals surface area (Å²) < 4.78 is 4.01. The predicted molar refractivity (Wildman–Crippen MR) is 30.9 cm³/mol. The minimum Gasteiger partial charge on any atom is -0.391 e. The maximum atomic E-state index is 10.2. The summed E-state index contributed by atoms with van der Waals surface area (Å²) in [7, 11) is 0. The summed E-state index contributed by atoms with van der Waals surface area (Å²) in [5.41, 5.74) is 4.81. The molecule has 9 heavy (non-hydrogen) atoms. The van der Waals surface area contributed by atoms with Crippen LogP contribution in [0.25, 0.3) is 0 Å². The van der Waals surface area contributed by atoms with E-state index in [9.17, 15) is 9.59 Å². The fourth-order valence-electron chi connectivity index (χ4n) is 0.196. The Hall–Kier alpha value is -0.610. The van der Waals surface area contributed by atoms with Crippen molar-refractivity contribution in [3.8, 4) is 0 Å². The zero-order chi connectivity index (χ0) is 7.28. The van der Waals surface area contributed by atoms with Crippen molar-refractivity contribution in [1.29, 1.82) is 0 Å². The molecule has 0 amide bonds. The van der Waals surface area contributed by atoms with E-state index in [-0.39, 0.29) is 12.4 Å². The van der Waals surface area contributed by atoms with Crippen molar-refractivity contribution < 1.29 is 14.3 Å². The van der Waals surface area contributed by atoms with E-state index in [1.54, 1.807) is 0 Å². The number of carbonyl (C=O) groups excluding carboxylic acids is 2. The van der Waals surface area contributed by atoms with Crippen molar-refractivity contribution in [2.24, 2.45) is 5.73 Å². The lowest BCUT2D eigenvalue weighted by Gasteiger charge is -1.94. The van der Waals surface area contributed by atoms with Gasteiger partial charge in [-0.25, -0.2) is 0 Å². The van der Waals surface area contributed by atoms with Crippen LogP contribution >= 0.6 is 11.6 Å². The van der Waals surface area contributed by atoms with Gasteiger partial charge in [0.15, 0.2) is 0 Å². The third-order valence-electron chi connectivity index (χ3n) is 0.503. The number of hydrogen-bond acceptors (Lipinski definition) is 4. The molecule has 0 rings (SSSR count). The van der Waals surface area contributed by atoms with E-state index in [4.69, 9.17) is 17.3 Å². The van der Waals surface area contributed by atoms with E-state index in [0.717, 1.165) is 0 Å². The van der Waals surface area contributed by atoms with Gasteiger partial charge in [-0.3, -0.25) is 9.59 Å². The molecule has 0 aromatic rings. The Labute approximate surface area is 56.9 Å². The highest BCUT2D eigenvalue weighted by atomic mass is 35.5. The first kappa shape index (κ1) is 8.39. The molecule has 0 spiro atoms. The van der Waals surface area contributed by atoms with Crippen molar-refractivity contribution >= 4 is 23.5 Å². The van der Waals surface area contributed by atoms with Gasteiger partial charge in [0.05, 0.1) is 6.54 Å². The van der Waals surface area contributed by atoms with Crippen LogP contribution in [0.3, 0.4) is 0 Å². The highest BCUT2D eigenvalue weighted by molar-refractivity contribution is 6.27. The van der Waals surface area contributed by atoms with Crippen LogP contribution in [-0.2, 0) is 14.3 Å². The summed E-state index contributed by atoms with van der Waals surface area (Å²) >= 11 is 4.99. The average Bonchev–Trinajstić information content (AvgIpc) is 1.87. The molecule has 0 fully saturated rings. The minimum atomic E-state index is -0.771. The van der Waals surface area contributed by atoms with Gasteiger partial charge in [0, 0.05) is 0 Å². The molecule has 4 nitrogen and oxygen atoms in total. The highest BCUT2D eigenvalue weighted by Crippen LogP contribution is 1.81.